The summed E-state index contributed by atoms with van der Waals surface area (Å²) in [4.78, 5) is 0. The van der Waals surface area contributed by atoms with E-state index in [-0.39, 0.29) is 0 Å². The fraction of sp³-hybridized carbons (Fsp3) is 1.00. The van der Waals surface area contributed by atoms with Crippen molar-refractivity contribution in [2.75, 3.05) is 6.54 Å². The van der Waals surface area contributed by atoms with Gasteiger partial charge in [0, 0.05) is 6.54 Å². The maximum Gasteiger partial charge on any atom is 0.0673 e. The van der Waals surface area contributed by atoms with Gasteiger partial charge in [0.05, 0.1) is 7.85 Å². The molecule has 62 valence electrons. The Bertz CT molecular complexity index is 121. The van der Waals surface area contributed by atoms with Crippen molar-refractivity contribution in [1.82, 2.24) is 5.32 Å². The number of rotatable bonds is 5. The topological polar surface area (TPSA) is 12.0 Å². The lowest BCUT2D eigenvalue weighted by atomic mass is 9.97. The fourth-order valence-corrected chi connectivity index (χ4v) is 1.31. The minimum Gasteiger partial charge on any atom is -0.314 e. The average molecular weight is 151 g/mol. The summed E-state index contributed by atoms with van der Waals surface area (Å²) in [6.45, 7) is 5.59. The monoisotopic (exact) mass is 151 g/mol. The molecule has 1 unspecified atom stereocenters. The largest absolute Gasteiger partial charge is 0.314 e. The van der Waals surface area contributed by atoms with E-state index in [2.05, 4.69) is 19.2 Å². The molecular weight excluding hydrogens is 133 g/mol. The van der Waals surface area contributed by atoms with Crippen LogP contribution in [0.5, 0.6) is 0 Å². The summed E-state index contributed by atoms with van der Waals surface area (Å²) in [5.74, 6) is 0. The molecule has 0 aliphatic heterocycles. The molecule has 1 fully saturated rings. The first-order valence-corrected chi connectivity index (χ1v) is 4.66. The van der Waals surface area contributed by atoms with Crippen molar-refractivity contribution < 1.29 is 0 Å². The zero-order valence-corrected chi connectivity index (χ0v) is 7.69. The van der Waals surface area contributed by atoms with Gasteiger partial charge in [-0.25, -0.2) is 0 Å². The van der Waals surface area contributed by atoms with Gasteiger partial charge in [-0.2, -0.15) is 0 Å². The van der Waals surface area contributed by atoms with Crippen LogP contribution in [0.3, 0.4) is 0 Å². The Balaban J connectivity index is 2.11. The highest BCUT2D eigenvalue weighted by atomic mass is 14.9. The zero-order chi connectivity index (χ0) is 8.32. The van der Waals surface area contributed by atoms with Gasteiger partial charge in [0.25, 0.3) is 0 Å². The molecule has 1 aliphatic carbocycles. The fourth-order valence-electron chi connectivity index (χ4n) is 1.31. The summed E-state index contributed by atoms with van der Waals surface area (Å²) in [5, 5.41) is 3.46. The number of hydrogen-bond donors (Lipinski definition) is 1. The van der Waals surface area contributed by atoms with Gasteiger partial charge >= 0.3 is 0 Å². The quantitative estimate of drug-likeness (QED) is 0.590. The first-order valence-electron chi connectivity index (χ1n) is 4.66. The third-order valence-electron chi connectivity index (χ3n) is 2.89. The Morgan fingerprint density at radius 3 is 2.55 bits per heavy atom. The maximum atomic E-state index is 5.50. The Labute approximate surface area is 71.4 Å². The van der Waals surface area contributed by atoms with Crippen LogP contribution in [0.2, 0.25) is 6.32 Å². The highest BCUT2D eigenvalue weighted by molar-refractivity contribution is 6.08. The summed E-state index contributed by atoms with van der Waals surface area (Å²) >= 11 is 0. The molecule has 0 aromatic carbocycles. The lowest BCUT2D eigenvalue weighted by Gasteiger charge is -2.17. The summed E-state index contributed by atoms with van der Waals surface area (Å²) in [7, 11) is 5.50. The van der Waals surface area contributed by atoms with Gasteiger partial charge in [-0.05, 0) is 30.7 Å². The molecule has 0 bridgehead atoms. The van der Waals surface area contributed by atoms with Gasteiger partial charge in [0.15, 0.2) is 0 Å². The van der Waals surface area contributed by atoms with Gasteiger partial charge in [0.1, 0.15) is 0 Å². The van der Waals surface area contributed by atoms with Crippen LogP contribution in [0.25, 0.3) is 0 Å². The van der Waals surface area contributed by atoms with Crippen molar-refractivity contribution in [3.8, 4) is 0 Å². The summed E-state index contributed by atoms with van der Waals surface area (Å²) in [6.07, 6.45) is 4.89. The van der Waals surface area contributed by atoms with Crippen LogP contribution in [0.1, 0.15) is 33.1 Å². The molecule has 2 heteroatoms. The average Bonchev–Trinajstić information content (AvgIpc) is 2.81. The summed E-state index contributed by atoms with van der Waals surface area (Å²) in [5.41, 5.74) is 0.656. The minimum absolute atomic E-state index is 0.485. The molecule has 1 saturated carbocycles. The van der Waals surface area contributed by atoms with Crippen molar-refractivity contribution in [3.63, 3.8) is 0 Å². The normalized spacial score (nSPS) is 23.1. The van der Waals surface area contributed by atoms with Crippen LogP contribution in [0.15, 0.2) is 0 Å². The van der Waals surface area contributed by atoms with Crippen LogP contribution in [0, 0.1) is 5.41 Å². The van der Waals surface area contributed by atoms with E-state index in [0.29, 0.717) is 11.5 Å². The minimum atomic E-state index is 0.485. The van der Waals surface area contributed by atoms with Crippen LogP contribution in [0.4, 0.5) is 0 Å². The highest BCUT2D eigenvalue weighted by Gasteiger charge is 2.40. The maximum absolute atomic E-state index is 5.50. The predicted molar refractivity (Wildman–Crippen MR) is 50.0 cm³/mol. The van der Waals surface area contributed by atoms with E-state index in [9.17, 15) is 0 Å². The van der Waals surface area contributed by atoms with Gasteiger partial charge < -0.3 is 5.32 Å². The van der Waals surface area contributed by atoms with Crippen molar-refractivity contribution in [1.29, 1.82) is 0 Å². The second-order valence-corrected chi connectivity index (χ2v) is 3.87. The predicted octanol–water partition coefficient (Wildman–Crippen LogP) is 1.74. The third kappa shape index (κ3) is 2.51. The standard InChI is InChI=1S/C9H18BN/c1-3-9(4-5-9)7-11-8(2)6-10/h8,11H,3-7H2,1-2H3. The molecule has 1 nitrogen and oxygen atoms in total. The third-order valence-corrected chi connectivity index (χ3v) is 2.89. The first-order chi connectivity index (χ1) is 5.22. The van der Waals surface area contributed by atoms with Gasteiger partial charge in [-0.1, -0.05) is 20.2 Å². The molecule has 0 aromatic heterocycles. The lowest BCUT2D eigenvalue weighted by molar-refractivity contribution is 0.420. The lowest BCUT2D eigenvalue weighted by Crippen LogP contribution is -2.31. The van der Waals surface area contributed by atoms with Crippen molar-refractivity contribution in [3.05, 3.63) is 0 Å². The first kappa shape index (κ1) is 9.12. The summed E-state index contributed by atoms with van der Waals surface area (Å²) in [6, 6.07) is 0.485. The second kappa shape index (κ2) is 3.62. The van der Waals surface area contributed by atoms with E-state index in [4.69, 9.17) is 7.85 Å². The van der Waals surface area contributed by atoms with E-state index >= 15 is 0 Å². The van der Waals surface area contributed by atoms with Gasteiger partial charge in [-0.15, -0.1) is 0 Å². The molecule has 0 heterocycles. The van der Waals surface area contributed by atoms with Crippen LogP contribution in [-0.2, 0) is 0 Å². The van der Waals surface area contributed by atoms with Gasteiger partial charge in [-0.3, -0.25) is 0 Å². The van der Waals surface area contributed by atoms with Crippen molar-refractivity contribution in [2.24, 2.45) is 5.41 Å². The molecule has 1 aliphatic rings. The molecule has 11 heavy (non-hydrogen) atoms. The number of hydrogen-bond acceptors (Lipinski definition) is 1. The van der Waals surface area contributed by atoms with Crippen molar-refractivity contribution >= 4 is 7.85 Å². The SMILES string of the molecule is [B]CC(C)NCC1(CC)CC1. The summed E-state index contributed by atoms with van der Waals surface area (Å²) < 4.78 is 0. The number of nitrogens with one attached hydrogen (secondary N) is 1. The molecule has 1 rings (SSSR count). The zero-order valence-electron chi connectivity index (χ0n) is 7.69. The molecule has 0 saturated heterocycles. The molecular formula is C9H18BN. The van der Waals surface area contributed by atoms with E-state index in [1.165, 1.54) is 25.8 Å². The van der Waals surface area contributed by atoms with Crippen molar-refractivity contribution in [2.45, 2.75) is 45.5 Å². The Morgan fingerprint density at radius 2 is 2.18 bits per heavy atom. The molecule has 2 radical (unpaired) electrons. The molecule has 1 N–H and O–H groups in total. The van der Waals surface area contributed by atoms with Gasteiger partial charge in [0.2, 0.25) is 0 Å². The molecule has 1 atom stereocenters. The van der Waals surface area contributed by atoms with E-state index in [0.717, 1.165) is 6.32 Å². The molecule has 0 aromatic rings. The molecule has 0 amide bonds. The van der Waals surface area contributed by atoms with E-state index < -0.39 is 0 Å². The molecule has 0 spiro atoms. The van der Waals surface area contributed by atoms with Crippen LogP contribution < -0.4 is 5.32 Å². The smallest absolute Gasteiger partial charge is 0.0673 e. The highest BCUT2D eigenvalue weighted by Crippen LogP contribution is 2.47. The Kier molecular flexibility index (Phi) is 3.00. The Morgan fingerprint density at radius 1 is 1.55 bits per heavy atom. The van der Waals surface area contributed by atoms with Crippen LogP contribution >= 0.6 is 0 Å². The van der Waals surface area contributed by atoms with E-state index in [1.54, 1.807) is 0 Å². The van der Waals surface area contributed by atoms with Crippen LogP contribution in [-0.4, -0.2) is 20.4 Å². The van der Waals surface area contributed by atoms with E-state index in [1.807, 2.05) is 0 Å². The Hall–Kier alpha value is 0.0249. The second-order valence-electron chi connectivity index (χ2n) is 3.87.